The summed E-state index contributed by atoms with van der Waals surface area (Å²) in [4.78, 5) is 34.9. The van der Waals surface area contributed by atoms with Gasteiger partial charge >= 0.3 is 12.1 Å². The Morgan fingerprint density at radius 3 is 2.62 bits per heavy atom. The Bertz CT molecular complexity index is 869. The number of anilines is 2. The third-order valence-electron chi connectivity index (χ3n) is 4.46. The highest BCUT2D eigenvalue weighted by Gasteiger charge is 2.28. The maximum Gasteiger partial charge on any atom is 0.410 e. The van der Waals surface area contributed by atoms with Crippen LogP contribution in [0.5, 0.6) is 0 Å². The normalized spacial score (nSPS) is 15.1. The number of likely N-dealkylation sites (tertiary alicyclic amines) is 1. The fourth-order valence-corrected chi connectivity index (χ4v) is 3.81. The summed E-state index contributed by atoms with van der Waals surface area (Å²) in [5.74, 6) is 0.536. The van der Waals surface area contributed by atoms with Crippen LogP contribution in [0.4, 0.5) is 15.7 Å². The molecule has 29 heavy (non-hydrogen) atoms. The number of hydrogen-bond donors (Lipinski definition) is 1. The second kappa shape index (κ2) is 8.77. The molecule has 1 aliphatic rings. The van der Waals surface area contributed by atoms with Crippen LogP contribution in [0.15, 0.2) is 24.4 Å². The number of methoxy groups -OCH3 is 1. The molecule has 3 heterocycles. The first-order valence-electron chi connectivity index (χ1n) is 9.51. The molecule has 0 aromatic carbocycles. The average molecular weight is 419 g/mol. The van der Waals surface area contributed by atoms with Crippen molar-refractivity contribution in [3.05, 3.63) is 35.0 Å². The van der Waals surface area contributed by atoms with E-state index >= 15 is 0 Å². The minimum atomic E-state index is -0.487. The van der Waals surface area contributed by atoms with Crippen LogP contribution in [-0.2, 0) is 9.47 Å². The molecule has 8 nitrogen and oxygen atoms in total. The maximum absolute atomic E-state index is 12.2. The molecule has 156 valence electrons. The Kier molecular flexibility index (Phi) is 6.36. The summed E-state index contributed by atoms with van der Waals surface area (Å²) in [5.41, 5.74) is 0.488. The predicted molar refractivity (Wildman–Crippen MR) is 111 cm³/mol. The van der Waals surface area contributed by atoms with E-state index in [1.54, 1.807) is 4.90 Å². The van der Waals surface area contributed by atoms with E-state index in [0.29, 0.717) is 28.9 Å². The van der Waals surface area contributed by atoms with Gasteiger partial charge in [0.25, 0.3) is 0 Å². The molecule has 0 spiro atoms. The number of aromatic nitrogens is 2. The number of thiazole rings is 1. The zero-order chi connectivity index (χ0) is 21.0. The van der Waals surface area contributed by atoms with Crippen LogP contribution in [0.3, 0.4) is 0 Å². The van der Waals surface area contributed by atoms with Crippen LogP contribution in [0.1, 0.15) is 54.9 Å². The second-order valence-electron chi connectivity index (χ2n) is 7.84. The smallest absolute Gasteiger partial charge is 0.410 e. The highest BCUT2D eigenvalue weighted by molar-refractivity contribution is 7.17. The van der Waals surface area contributed by atoms with Crippen LogP contribution < -0.4 is 5.32 Å². The Balaban J connectivity index is 1.60. The molecule has 2 aromatic rings. The lowest BCUT2D eigenvalue weighted by Gasteiger charge is -2.33. The van der Waals surface area contributed by atoms with Crippen molar-refractivity contribution in [1.29, 1.82) is 0 Å². The molecular weight excluding hydrogens is 392 g/mol. The maximum atomic E-state index is 12.2. The van der Waals surface area contributed by atoms with E-state index in [1.165, 1.54) is 24.6 Å². The third-order valence-corrected chi connectivity index (χ3v) is 5.36. The number of amides is 1. The average Bonchev–Trinajstić information content (AvgIpc) is 3.15. The summed E-state index contributed by atoms with van der Waals surface area (Å²) < 4.78 is 10.2. The molecule has 2 aromatic heterocycles. The SMILES string of the molecule is COC(=O)c1cnc(Nc2cccc(C3CCN(C(=O)OC(C)(C)C)CC3)n2)s1. The second-order valence-corrected chi connectivity index (χ2v) is 8.87. The number of rotatable bonds is 4. The van der Waals surface area contributed by atoms with E-state index < -0.39 is 11.6 Å². The number of hydrogen-bond acceptors (Lipinski definition) is 8. The zero-order valence-electron chi connectivity index (χ0n) is 17.1. The van der Waals surface area contributed by atoms with Gasteiger partial charge in [-0.15, -0.1) is 0 Å². The number of esters is 1. The molecule has 0 bridgehead atoms. The first-order valence-corrected chi connectivity index (χ1v) is 10.3. The number of carbonyl (C=O) groups excluding carboxylic acids is 2. The van der Waals surface area contributed by atoms with Crippen molar-refractivity contribution in [2.45, 2.75) is 45.1 Å². The van der Waals surface area contributed by atoms with E-state index in [0.717, 1.165) is 18.5 Å². The van der Waals surface area contributed by atoms with Crippen molar-refractivity contribution in [2.24, 2.45) is 0 Å². The minimum Gasteiger partial charge on any atom is -0.465 e. The van der Waals surface area contributed by atoms with Gasteiger partial charge < -0.3 is 19.7 Å². The highest BCUT2D eigenvalue weighted by Crippen LogP contribution is 2.29. The first kappa shape index (κ1) is 21.0. The third kappa shape index (κ3) is 5.66. The summed E-state index contributed by atoms with van der Waals surface area (Å²) in [6.45, 7) is 6.91. The lowest BCUT2D eigenvalue weighted by atomic mass is 9.93. The predicted octanol–water partition coefficient (Wildman–Crippen LogP) is 4.18. The van der Waals surface area contributed by atoms with Gasteiger partial charge in [-0.1, -0.05) is 17.4 Å². The van der Waals surface area contributed by atoms with Gasteiger partial charge in [0.1, 0.15) is 16.3 Å². The Morgan fingerprint density at radius 2 is 1.97 bits per heavy atom. The molecule has 0 radical (unpaired) electrons. The summed E-state index contributed by atoms with van der Waals surface area (Å²) in [5, 5.41) is 3.72. The van der Waals surface area contributed by atoms with Gasteiger partial charge in [-0.3, -0.25) is 0 Å². The highest BCUT2D eigenvalue weighted by atomic mass is 32.1. The van der Waals surface area contributed by atoms with Crippen LogP contribution in [0.25, 0.3) is 0 Å². The molecule has 0 aliphatic carbocycles. The van der Waals surface area contributed by atoms with Gasteiger partial charge in [-0.05, 0) is 45.7 Å². The minimum absolute atomic E-state index is 0.260. The van der Waals surface area contributed by atoms with Gasteiger partial charge in [-0.2, -0.15) is 0 Å². The quantitative estimate of drug-likeness (QED) is 0.744. The topological polar surface area (TPSA) is 93.7 Å². The van der Waals surface area contributed by atoms with Crippen molar-refractivity contribution in [3.8, 4) is 0 Å². The number of piperidine rings is 1. The van der Waals surface area contributed by atoms with E-state index in [-0.39, 0.29) is 12.0 Å². The van der Waals surface area contributed by atoms with Crippen molar-refractivity contribution < 1.29 is 19.1 Å². The lowest BCUT2D eigenvalue weighted by Crippen LogP contribution is -2.41. The first-order chi connectivity index (χ1) is 13.7. The Hall–Kier alpha value is -2.68. The van der Waals surface area contributed by atoms with E-state index in [4.69, 9.17) is 14.5 Å². The zero-order valence-corrected chi connectivity index (χ0v) is 17.9. The fourth-order valence-electron chi connectivity index (χ4n) is 3.07. The van der Waals surface area contributed by atoms with Crippen molar-refractivity contribution in [2.75, 3.05) is 25.5 Å². The molecule has 1 fully saturated rings. The monoisotopic (exact) mass is 418 g/mol. The van der Waals surface area contributed by atoms with E-state index in [2.05, 4.69) is 10.3 Å². The summed E-state index contributed by atoms with van der Waals surface area (Å²) >= 11 is 1.21. The summed E-state index contributed by atoms with van der Waals surface area (Å²) in [6, 6.07) is 5.80. The number of nitrogens with zero attached hydrogens (tertiary/aromatic N) is 3. The largest absolute Gasteiger partial charge is 0.465 e. The van der Waals surface area contributed by atoms with Gasteiger partial charge in [0.05, 0.1) is 13.3 Å². The van der Waals surface area contributed by atoms with Gasteiger partial charge in [0.15, 0.2) is 5.13 Å². The van der Waals surface area contributed by atoms with Crippen LogP contribution in [0, 0.1) is 0 Å². The van der Waals surface area contributed by atoms with Crippen LogP contribution >= 0.6 is 11.3 Å². The molecule has 0 unspecified atom stereocenters. The van der Waals surface area contributed by atoms with Crippen LogP contribution in [0.2, 0.25) is 0 Å². The molecule has 1 N–H and O–H groups in total. The van der Waals surface area contributed by atoms with Crippen LogP contribution in [-0.4, -0.2) is 52.7 Å². The number of nitrogens with one attached hydrogen (secondary N) is 1. The van der Waals surface area contributed by atoms with Crippen molar-refractivity contribution in [1.82, 2.24) is 14.9 Å². The Labute approximate surface area is 174 Å². The molecule has 1 aliphatic heterocycles. The molecule has 0 saturated carbocycles. The lowest BCUT2D eigenvalue weighted by molar-refractivity contribution is 0.0204. The standard InChI is InChI=1S/C20H26N4O4S/c1-20(2,3)28-19(26)24-10-8-13(9-11-24)14-6-5-7-16(22-14)23-18-21-12-15(29-18)17(25)27-4/h5-7,12-13H,8-11H2,1-4H3,(H,21,22,23). The van der Waals surface area contributed by atoms with Gasteiger partial charge in [-0.25, -0.2) is 19.6 Å². The number of pyridine rings is 1. The van der Waals surface area contributed by atoms with Crippen molar-refractivity contribution in [3.63, 3.8) is 0 Å². The van der Waals surface area contributed by atoms with Gasteiger partial charge in [0.2, 0.25) is 0 Å². The summed E-state index contributed by atoms with van der Waals surface area (Å²) in [7, 11) is 1.34. The summed E-state index contributed by atoms with van der Waals surface area (Å²) in [6.07, 6.45) is 2.89. The molecule has 3 rings (SSSR count). The number of carbonyl (C=O) groups is 2. The number of ether oxygens (including phenoxy) is 2. The van der Waals surface area contributed by atoms with Gasteiger partial charge in [0, 0.05) is 24.7 Å². The van der Waals surface area contributed by atoms with Crippen molar-refractivity contribution >= 4 is 34.3 Å². The van der Waals surface area contributed by atoms with E-state index in [9.17, 15) is 9.59 Å². The molecular formula is C20H26N4O4S. The molecule has 1 amide bonds. The Morgan fingerprint density at radius 1 is 1.24 bits per heavy atom. The fraction of sp³-hybridized carbons (Fsp3) is 0.500. The molecule has 0 atom stereocenters. The molecule has 9 heteroatoms. The van der Waals surface area contributed by atoms with E-state index in [1.807, 2.05) is 39.0 Å². The molecule has 1 saturated heterocycles.